The lowest BCUT2D eigenvalue weighted by atomic mass is 9.76. The highest BCUT2D eigenvalue weighted by molar-refractivity contribution is 5.95. The number of allylic oxidation sites excluding steroid dienone is 4. The molecule has 0 aromatic rings. The molecule has 0 aromatic heterocycles. The predicted octanol–water partition coefficient (Wildman–Crippen LogP) is 3.45. The van der Waals surface area contributed by atoms with Crippen LogP contribution in [0.5, 0.6) is 0 Å². The zero-order valence-electron chi connectivity index (χ0n) is 12.9. The van der Waals surface area contributed by atoms with E-state index >= 15 is 0 Å². The highest BCUT2D eigenvalue weighted by Gasteiger charge is 2.40. The Morgan fingerprint density at radius 2 is 2.15 bits per heavy atom. The highest BCUT2D eigenvalue weighted by atomic mass is 16.5. The van der Waals surface area contributed by atoms with Crippen LogP contribution in [0, 0.1) is 16.7 Å². The van der Waals surface area contributed by atoms with Gasteiger partial charge in [-0.3, -0.25) is 9.59 Å². The van der Waals surface area contributed by atoms with Crippen molar-refractivity contribution in [3.8, 4) is 0 Å². The van der Waals surface area contributed by atoms with Crippen LogP contribution < -0.4 is 0 Å². The van der Waals surface area contributed by atoms with Crippen LogP contribution in [-0.4, -0.2) is 18.4 Å². The predicted molar refractivity (Wildman–Crippen MR) is 78.1 cm³/mol. The van der Waals surface area contributed by atoms with Gasteiger partial charge in [0.05, 0.1) is 12.0 Å². The summed E-state index contributed by atoms with van der Waals surface area (Å²) in [6.07, 6.45) is 8.64. The van der Waals surface area contributed by atoms with Crippen LogP contribution in [0.1, 0.15) is 47.0 Å². The van der Waals surface area contributed by atoms with Gasteiger partial charge in [0.15, 0.2) is 5.78 Å². The van der Waals surface area contributed by atoms with Gasteiger partial charge in [0, 0.05) is 11.3 Å². The fourth-order valence-corrected chi connectivity index (χ4v) is 3.00. The Labute approximate surface area is 121 Å². The molecule has 2 aliphatic carbocycles. The summed E-state index contributed by atoms with van der Waals surface area (Å²) < 4.78 is 5.30. The molecule has 2 rings (SSSR count). The Balaban J connectivity index is 1.85. The van der Waals surface area contributed by atoms with Crippen molar-refractivity contribution >= 4 is 11.8 Å². The number of esters is 1. The van der Waals surface area contributed by atoms with E-state index in [0.29, 0.717) is 6.61 Å². The van der Waals surface area contributed by atoms with Gasteiger partial charge in [-0.2, -0.15) is 0 Å². The quantitative estimate of drug-likeness (QED) is 0.449. The second-order valence-electron chi connectivity index (χ2n) is 7.10. The Bertz CT molecular complexity index is 479. The third-order valence-electron chi connectivity index (χ3n) is 4.20. The van der Waals surface area contributed by atoms with E-state index in [1.807, 2.05) is 33.8 Å². The lowest BCUT2D eigenvalue weighted by molar-refractivity contribution is -0.153. The number of hydrogen-bond donors (Lipinski definition) is 0. The Hall–Kier alpha value is -1.38. The maximum absolute atomic E-state index is 11.7. The van der Waals surface area contributed by atoms with Crippen LogP contribution >= 0.6 is 0 Å². The van der Waals surface area contributed by atoms with E-state index in [2.05, 4.69) is 6.08 Å². The van der Waals surface area contributed by atoms with Crippen molar-refractivity contribution in [1.29, 1.82) is 0 Å². The fraction of sp³-hybridized carbons (Fsp3) is 0.647. The number of ketones is 1. The third-order valence-corrected chi connectivity index (χ3v) is 4.20. The number of hydrogen-bond acceptors (Lipinski definition) is 3. The molecule has 110 valence electrons. The second-order valence-corrected chi connectivity index (χ2v) is 7.10. The molecule has 20 heavy (non-hydrogen) atoms. The zero-order valence-corrected chi connectivity index (χ0v) is 12.9. The minimum atomic E-state index is -0.440. The molecule has 3 heteroatoms. The van der Waals surface area contributed by atoms with E-state index in [0.717, 1.165) is 19.3 Å². The van der Waals surface area contributed by atoms with Gasteiger partial charge < -0.3 is 4.74 Å². The first-order chi connectivity index (χ1) is 9.23. The van der Waals surface area contributed by atoms with E-state index in [1.54, 1.807) is 6.08 Å². The van der Waals surface area contributed by atoms with Gasteiger partial charge in [0.2, 0.25) is 0 Å². The molecule has 2 atom stereocenters. The van der Waals surface area contributed by atoms with Crippen molar-refractivity contribution in [3.05, 3.63) is 23.8 Å². The van der Waals surface area contributed by atoms with E-state index in [9.17, 15) is 9.59 Å². The van der Waals surface area contributed by atoms with Crippen LogP contribution in [0.4, 0.5) is 0 Å². The minimum absolute atomic E-state index is 0.0107. The zero-order chi connectivity index (χ0) is 15.0. The van der Waals surface area contributed by atoms with Gasteiger partial charge in [0.25, 0.3) is 0 Å². The van der Waals surface area contributed by atoms with Crippen LogP contribution in [0.25, 0.3) is 0 Å². The van der Waals surface area contributed by atoms with E-state index in [1.165, 1.54) is 5.57 Å². The summed E-state index contributed by atoms with van der Waals surface area (Å²) in [4.78, 5) is 23.4. The molecular formula is C17H24O3. The number of ether oxygens (including phenoxy) is 1. The van der Waals surface area contributed by atoms with Crippen molar-refractivity contribution in [1.82, 2.24) is 0 Å². The molecule has 0 fully saturated rings. The molecule has 0 aliphatic heterocycles. The summed E-state index contributed by atoms with van der Waals surface area (Å²) in [7, 11) is 0. The lowest BCUT2D eigenvalue weighted by Gasteiger charge is -2.27. The Morgan fingerprint density at radius 1 is 1.45 bits per heavy atom. The third kappa shape index (κ3) is 3.02. The normalized spacial score (nSPS) is 28.5. The summed E-state index contributed by atoms with van der Waals surface area (Å²) in [5, 5.41) is 0. The monoisotopic (exact) mass is 276 g/mol. The summed E-state index contributed by atoms with van der Waals surface area (Å²) in [5.41, 5.74) is 0.757. The van der Waals surface area contributed by atoms with Crippen molar-refractivity contribution in [2.24, 2.45) is 16.7 Å². The summed E-state index contributed by atoms with van der Waals surface area (Å²) in [5.74, 6) is 0.156. The van der Waals surface area contributed by atoms with E-state index in [4.69, 9.17) is 4.74 Å². The van der Waals surface area contributed by atoms with E-state index < -0.39 is 5.41 Å². The van der Waals surface area contributed by atoms with Gasteiger partial charge >= 0.3 is 5.97 Å². The van der Waals surface area contributed by atoms with Crippen molar-refractivity contribution < 1.29 is 14.3 Å². The molecule has 0 radical (unpaired) electrons. The molecule has 0 aromatic carbocycles. The molecule has 0 saturated carbocycles. The topological polar surface area (TPSA) is 43.4 Å². The molecule has 0 heterocycles. The molecule has 0 spiro atoms. The average molecular weight is 276 g/mol. The summed E-state index contributed by atoms with van der Waals surface area (Å²) in [6.45, 7) is 8.07. The van der Waals surface area contributed by atoms with Crippen molar-refractivity contribution in [2.45, 2.75) is 47.0 Å². The summed E-state index contributed by atoms with van der Waals surface area (Å²) >= 11 is 0. The number of carbonyl (C=O) groups excluding carboxylic acids is 2. The standard InChI is InChI=1S/C17H24O3/c1-12-10-17(8-6-14(18)13(12)11-17)7-5-9-20-15(19)16(2,3)4/h6,8,10,13H,5,7,9,11H2,1-4H3/t13-,17-/m1/s1. The number of fused-ring (bicyclic) bond motifs is 2. The van der Waals surface area contributed by atoms with Gasteiger partial charge in [-0.25, -0.2) is 0 Å². The fourth-order valence-electron chi connectivity index (χ4n) is 3.00. The minimum Gasteiger partial charge on any atom is -0.465 e. The molecule has 0 N–H and O–H groups in total. The lowest BCUT2D eigenvalue weighted by Crippen LogP contribution is -2.25. The largest absolute Gasteiger partial charge is 0.465 e. The van der Waals surface area contributed by atoms with Gasteiger partial charge in [-0.15, -0.1) is 0 Å². The molecule has 0 amide bonds. The maximum atomic E-state index is 11.7. The van der Waals surface area contributed by atoms with Gasteiger partial charge in [-0.05, 0) is 53.0 Å². The molecule has 2 aliphatic rings. The van der Waals surface area contributed by atoms with Crippen molar-refractivity contribution in [2.75, 3.05) is 6.61 Å². The summed E-state index contributed by atoms with van der Waals surface area (Å²) in [6, 6.07) is 0. The molecule has 3 nitrogen and oxygen atoms in total. The van der Waals surface area contributed by atoms with E-state index in [-0.39, 0.29) is 23.1 Å². The Morgan fingerprint density at radius 3 is 2.80 bits per heavy atom. The van der Waals surface area contributed by atoms with Crippen LogP contribution in [-0.2, 0) is 14.3 Å². The molecule has 0 saturated heterocycles. The van der Waals surface area contributed by atoms with Crippen molar-refractivity contribution in [3.63, 3.8) is 0 Å². The molecule has 2 bridgehead atoms. The smallest absolute Gasteiger partial charge is 0.311 e. The van der Waals surface area contributed by atoms with Crippen LogP contribution in [0.3, 0.4) is 0 Å². The first-order valence-corrected chi connectivity index (χ1v) is 7.33. The van der Waals surface area contributed by atoms with Crippen LogP contribution in [0.2, 0.25) is 0 Å². The van der Waals surface area contributed by atoms with Gasteiger partial charge in [0.1, 0.15) is 0 Å². The number of carbonyl (C=O) groups is 2. The highest BCUT2D eigenvalue weighted by Crippen LogP contribution is 2.47. The van der Waals surface area contributed by atoms with Crippen LogP contribution in [0.15, 0.2) is 23.8 Å². The molecule has 0 unspecified atom stereocenters. The first kappa shape index (κ1) is 15.0. The average Bonchev–Trinajstić information content (AvgIpc) is 2.63. The number of rotatable bonds is 4. The second kappa shape index (κ2) is 5.19. The Kier molecular flexibility index (Phi) is 3.90. The molecular weight excluding hydrogens is 252 g/mol. The maximum Gasteiger partial charge on any atom is 0.311 e. The first-order valence-electron chi connectivity index (χ1n) is 7.33. The SMILES string of the molecule is CC1=C[C@@]2(CCCOC(=O)C(C)(C)C)C=CC(=O)[C@@H]1C2. The van der Waals surface area contributed by atoms with Gasteiger partial charge in [-0.1, -0.05) is 17.7 Å².